The third-order valence-electron chi connectivity index (χ3n) is 1.84. The highest BCUT2D eigenvalue weighted by Crippen LogP contribution is 2.02. The fourth-order valence-electron chi connectivity index (χ4n) is 1.07. The van der Waals surface area contributed by atoms with Crippen LogP contribution in [0.15, 0.2) is 0 Å². The van der Waals surface area contributed by atoms with Gasteiger partial charge in [-0.15, -0.1) is 0 Å². The molecule has 1 atom stereocenters. The lowest BCUT2D eigenvalue weighted by atomic mass is 10.3. The molecule has 0 fully saturated rings. The first-order valence-electron chi connectivity index (χ1n) is 4.99. The second kappa shape index (κ2) is 9.23. The van der Waals surface area contributed by atoms with Crippen molar-refractivity contribution in [3.05, 3.63) is 0 Å². The number of hydrogen-bond acceptors (Lipinski definition) is 2. The molecule has 1 unspecified atom stereocenters. The summed E-state index contributed by atoms with van der Waals surface area (Å²) in [5, 5.41) is 0. The minimum absolute atomic E-state index is 0.901. The standard InChI is InChI=1S/C9H22O2Si/c1-4-6-7-8-11-12(10-3)9-5-2/h12H,4-9H2,1-3H3. The van der Waals surface area contributed by atoms with E-state index in [0.29, 0.717) is 0 Å². The van der Waals surface area contributed by atoms with Crippen molar-refractivity contribution in [1.82, 2.24) is 0 Å². The van der Waals surface area contributed by atoms with Crippen LogP contribution in [0, 0.1) is 0 Å². The first-order valence-corrected chi connectivity index (χ1v) is 6.75. The van der Waals surface area contributed by atoms with E-state index in [1.54, 1.807) is 7.11 Å². The number of hydrogen-bond donors (Lipinski definition) is 0. The summed E-state index contributed by atoms with van der Waals surface area (Å²) in [6, 6.07) is 1.14. The van der Waals surface area contributed by atoms with Crippen LogP contribution in [-0.4, -0.2) is 23.0 Å². The van der Waals surface area contributed by atoms with Gasteiger partial charge >= 0.3 is 9.28 Å². The summed E-state index contributed by atoms with van der Waals surface area (Å²) in [4.78, 5) is 0. The first-order chi connectivity index (χ1) is 5.85. The van der Waals surface area contributed by atoms with Gasteiger partial charge < -0.3 is 8.85 Å². The Labute approximate surface area is 78.1 Å². The van der Waals surface area contributed by atoms with Crippen LogP contribution in [0.1, 0.15) is 39.5 Å². The van der Waals surface area contributed by atoms with Crippen molar-refractivity contribution in [3.63, 3.8) is 0 Å². The average molecular weight is 190 g/mol. The van der Waals surface area contributed by atoms with Crippen LogP contribution in [0.25, 0.3) is 0 Å². The van der Waals surface area contributed by atoms with Gasteiger partial charge in [-0.25, -0.2) is 0 Å². The molecule has 3 heteroatoms. The van der Waals surface area contributed by atoms with Gasteiger partial charge in [0.15, 0.2) is 0 Å². The van der Waals surface area contributed by atoms with Crippen LogP contribution in [0.3, 0.4) is 0 Å². The van der Waals surface area contributed by atoms with E-state index in [2.05, 4.69) is 13.8 Å². The summed E-state index contributed by atoms with van der Waals surface area (Å²) in [6.07, 6.45) is 4.90. The summed E-state index contributed by atoms with van der Waals surface area (Å²) < 4.78 is 10.9. The average Bonchev–Trinajstić information content (AvgIpc) is 2.10. The molecule has 0 radical (unpaired) electrons. The van der Waals surface area contributed by atoms with Crippen molar-refractivity contribution >= 4 is 9.28 Å². The van der Waals surface area contributed by atoms with Gasteiger partial charge in [-0.2, -0.15) is 0 Å². The Balaban J connectivity index is 3.19. The van der Waals surface area contributed by atoms with Crippen LogP contribution in [0.4, 0.5) is 0 Å². The third kappa shape index (κ3) is 6.82. The Morgan fingerprint density at radius 1 is 1.08 bits per heavy atom. The van der Waals surface area contributed by atoms with E-state index < -0.39 is 9.28 Å². The lowest BCUT2D eigenvalue weighted by Crippen LogP contribution is -2.21. The molecule has 2 nitrogen and oxygen atoms in total. The summed E-state index contributed by atoms with van der Waals surface area (Å²) in [7, 11) is 0.515. The Kier molecular flexibility index (Phi) is 9.33. The van der Waals surface area contributed by atoms with E-state index >= 15 is 0 Å². The lowest BCUT2D eigenvalue weighted by molar-refractivity contribution is 0.223. The van der Waals surface area contributed by atoms with Crippen molar-refractivity contribution in [2.24, 2.45) is 0 Å². The number of unbranched alkanes of at least 4 members (excludes halogenated alkanes) is 2. The SMILES string of the molecule is CCCCCO[SiH](CCC)OC. The van der Waals surface area contributed by atoms with E-state index in [-0.39, 0.29) is 0 Å². The predicted molar refractivity (Wildman–Crippen MR) is 54.7 cm³/mol. The molecular formula is C9H22O2Si. The zero-order chi connectivity index (χ0) is 9.23. The van der Waals surface area contributed by atoms with Crippen LogP contribution in [-0.2, 0) is 8.85 Å². The van der Waals surface area contributed by atoms with Gasteiger partial charge in [-0.3, -0.25) is 0 Å². The van der Waals surface area contributed by atoms with Crippen LogP contribution in [0.5, 0.6) is 0 Å². The molecule has 0 saturated carbocycles. The van der Waals surface area contributed by atoms with Gasteiger partial charge in [0.1, 0.15) is 0 Å². The molecule has 0 aliphatic rings. The van der Waals surface area contributed by atoms with Crippen molar-refractivity contribution < 1.29 is 8.85 Å². The van der Waals surface area contributed by atoms with E-state index in [0.717, 1.165) is 12.7 Å². The summed E-state index contributed by atoms with van der Waals surface area (Å²) in [5.41, 5.74) is 0. The van der Waals surface area contributed by atoms with Crippen LogP contribution < -0.4 is 0 Å². The molecule has 0 aromatic carbocycles. The van der Waals surface area contributed by atoms with E-state index in [1.807, 2.05) is 0 Å². The molecule has 0 spiro atoms. The first kappa shape index (κ1) is 12.1. The van der Waals surface area contributed by atoms with Gasteiger partial charge in [0.25, 0.3) is 0 Å². The third-order valence-corrected chi connectivity index (χ3v) is 4.02. The Morgan fingerprint density at radius 2 is 1.83 bits per heavy atom. The zero-order valence-electron chi connectivity index (χ0n) is 8.64. The summed E-state index contributed by atoms with van der Waals surface area (Å²) >= 11 is 0. The molecule has 0 heterocycles. The molecule has 0 rings (SSSR count). The molecule has 0 bridgehead atoms. The van der Waals surface area contributed by atoms with E-state index in [4.69, 9.17) is 8.85 Å². The molecule has 0 aliphatic carbocycles. The quantitative estimate of drug-likeness (QED) is 0.432. The molecule has 0 aliphatic heterocycles. The highest BCUT2D eigenvalue weighted by atomic mass is 28.3. The predicted octanol–water partition coefficient (Wildman–Crippen LogP) is 2.47. The molecule has 0 aromatic rings. The molecular weight excluding hydrogens is 168 g/mol. The van der Waals surface area contributed by atoms with Gasteiger partial charge in [0.2, 0.25) is 0 Å². The highest BCUT2D eigenvalue weighted by molar-refractivity contribution is 6.44. The minimum Gasteiger partial charge on any atom is -0.400 e. The summed E-state index contributed by atoms with van der Waals surface area (Å²) in [6.45, 7) is 5.28. The Morgan fingerprint density at radius 3 is 2.33 bits per heavy atom. The Bertz CT molecular complexity index is 88.6. The zero-order valence-corrected chi connectivity index (χ0v) is 9.79. The topological polar surface area (TPSA) is 18.5 Å². The van der Waals surface area contributed by atoms with Gasteiger partial charge in [0.05, 0.1) is 0 Å². The largest absolute Gasteiger partial charge is 0.400 e. The normalized spacial score (nSPS) is 13.2. The molecule has 0 amide bonds. The van der Waals surface area contributed by atoms with Gasteiger partial charge in [-0.1, -0.05) is 33.1 Å². The van der Waals surface area contributed by atoms with Gasteiger partial charge in [0, 0.05) is 13.7 Å². The Hall–Kier alpha value is 0.137. The van der Waals surface area contributed by atoms with Crippen LogP contribution in [0.2, 0.25) is 6.04 Å². The monoisotopic (exact) mass is 190 g/mol. The number of rotatable bonds is 8. The second-order valence-electron chi connectivity index (χ2n) is 3.03. The molecule has 0 saturated heterocycles. The maximum atomic E-state index is 5.65. The lowest BCUT2D eigenvalue weighted by Gasteiger charge is -2.12. The smallest absolute Gasteiger partial charge is 0.321 e. The van der Waals surface area contributed by atoms with Crippen molar-refractivity contribution in [2.45, 2.75) is 45.6 Å². The second-order valence-corrected chi connectivity index (χ2v) is 5.27. The molecule has 12 heavy (non-hydrogen) atoms. The summed E-state index contributed by atoms with van der Waals surface area (Å²) in [5.74, 6) is 0. The van der Waals surface area contributed by atoms with Crippen molar-refractivity contribution in [1.29, 1.82) is 0 Å². The van der Waals surface area contributed by atoms with Gasteiger partial charge in [-0.05, 0) is 12.5 Å². The molecule has 74 valence electrons. The minimum atomic E-state index is -1.26. The highest BCUT2D eigenvalue weighted by Gasteiger charge is 2.08. The fraction of sp³-hybridized carbons (Fsp3) is 1.00. The maximum Gasteiger partial charge on any atom is 0.321 e. The maximum absolute atomic E-state index is 5.65. The van der Waals surface area contributed by atoms with E-state index in [9.17, 15) is 0 Å². The molecule has 0 N–H and O–H groups in total. The van der Waals surface area contributed by atoms with Crippen molar-refractivity contribution in [2.75, 3.05) is 13.7 Å². The fourth-order valence-corrected chi connectivity index (χ4v) is 2.51. The van der Waals surface area contributed by atoms with Crippen molar-refractivity contribution in [3.8, 4) is 0 Å². The van der Waals surface area contributed by atoms with Crippen LogP contribution >= 0.6 is 0 Å². The van der Waals surface area contributed by atoms with E-state index in [1.165, 1.54) is 25.7 Å². The molecule has 0 aromatic heterocycles.